The summed E-state index contributed by atoms with van der Waals surface area (Å²) in [6.07, 6.45) is 0.481. The summed E-state index contributed by atoms with van der Waals surface area (Å²) < 4.78 is 11.6. The number of nitrogens with one attached hydrogen (secondary N) is 1. The number of rotatable bonds is 8. The third-order valence-electron chi connectivity index (χ3n) is 4.45. The second-order valence-corrected chi connectivity index (χ2v) is 8.58. The first-order valence-electron chi connectivity index (χ1n) is 9.89. The molecule has 0 spiro atoms. The van der Waals surface area contributed by atoms with Crippen LogP contribution >= 0.6 is 15.9 Å². The Morgan fingerprint density at radius 1 is 1.28 bits per heavy atom. The average molecular weight is 469 g/mol. The minimum Gasteiger partial charge on any atom is -0.492 e. The van der Waals surface area contributed by atoms with Crippen molar-refractivity contribution in [1.82, 2.24) is 10.2 Å². The number of amides is 2. The lowest BCUT2D eigenvalue weighted by Gasteiger charge is -2.34. The zero-order chi connectivity index (χ0) is 21.6. The molecule has 1 fully saturated rings. The average Bonchev–Trinajstić information content (AvgIpc) is 2.63. The Labute approximate surface area is 180 Å². The van der Waals surface area contributed by atoms with Gasteiger partial charge in [0.1, 0.15) is 11.8 Å². The van der Waals surface area contributed by atoms with Crippen LogP contribution in [0.25, 0.3) is 0 Å². The van der Waals surface area contributed by atoms with Crippen LogP contribution in [-0.2, 0) is 14.3 Å². The zero-order valence-corrected chi connectivity index (χ0v) is 19.0. The number of carbonyl (C=O) groups is 3. The molecule has 1 aromatic rings. The Hall–Kier alpha value is -2.09. The van der Waals surface area contributed by atoms with Crippen molar-refractivity contribution in [1.29, 1.82) is 0 Å². The number of carbonyl (C=O) groups excluding carboxylic acids is 3. The minimum absolute atomic E-state index is 0.173. The Morgan fingerprint density at radius 3 is 2.62 bits per heavy atom. The van der Waals surface area contributed by atoms with Crippen molar-refractivity contribution in [3.8, 4) is 5.75 Å². The van der Waals surface area contributed by atoms with E-state index in [1.165, 1.54) is 4.90 Å². The lowest BCUT2D eigenvalue weighted by molar-refractivity contribution is -0.151. The van der Waals surface area contributed by atoms with Crippen LogP contribution in [0.5, 0.6) is 5.75 Å². The van der Waals surface area contributed by atoms with E-state index in [-0.39, 0.29) is 24.3 Å². The van der Waals surface area contributed by atoms with Crippen LogP contribution in [0.4, 0.5) is 0 Å². The van der Waals surface area contributed by atoms with Crippen LogP contribution in [-0.4, -0.2) is 54.5 Å². The fraction of sp³-hybridized carbons (Fsp3) is 0.571. The largest absolute Gasteiger partial charge is 0.492 e. The summed E-state index contributed by atoms with van der Waals surface area (Å²) in [4.78, 5) is 38.9. The van der Waals surface area contributed by atoms with Crippen LogP contribution < -0.4 is 10.1 Å². The summed E-state index contributed by atoms with van der Waals surface area (Å²) >= 11 is 3.45. The second kappa shape index (κ2) is 10.6. The lowest BCUT2D eigenvalue weighted by atomic mass is 10.1. The van der Waals surface area contributed by atoms with E-state index in [0.717, 1.165) is 6.42 Å². The second-order valence-electron chi connectivity index (χ2n) is 7.72. The fourth-order valence-corrected chi connectivity index (χ4v) is 3.44. The van der Waals surface area contributed by atoms with Crippen LogP contribution in [0.3, 0.4) is 0 Å². The SMILES string of the molecule is CC(C)CCOc1ccc(C(=O)N2CCNC(=O)C2CC(=O)OC(C)C)cc1Br. The van der Waals surface area contributed by atoms with Crippen molar-refractivity contribution in [3.05, 3.63) is 28.2 Å². The molecule has 7 nitrogen and oxygen atoms in total. The first kappa shape index (κ1) is 23.2. The van der Waals surface area contributed by atoms with Gasteiger partial charge in [0.2, 0.25) is 5.91 Å². The molecule has 0 aliphatic carbocycles. The Bertz CT molecular complexity index is 751. The highest BCUT2D eigenvalue weighted by atomic mass is 79.9. The molecule has 1 unspecified atom stereocenters. The first-order valence-corrected chi connectivity index (χ1v) is 10.7. The van der Waals surface area contributed by atoms with E-state index in [1.807, 2.05) is 0 Å². The molecular weight excluding hydrogens is 440 g/mol. The van der Waals surface area contributed by atoms with Gasteiger partial charge >= 0.3 is 5.97 Å². The van der Waals surface area contributed by atoms with Crippen molar-refractivity contribution in [3.63, 3.8) is 0 Å². The summed E-state index contributed by atoms with van der Waals surface area (Å²) in [5, 5.41) is 2.71. The molecule has 1 aliphatic heterocycles. The van der Waals surface area contributed by atoms with Crippen molar-refractivity contribution in [2.75, 3.05) is 19.7 Å². The van der Waals surface area contributed by atoms with Crippen LogP contribution in [0.15, 0.2) is 22.7 Å². The molecule has 0 radical (unpaired) electrons. The standard InChI is InChI=1S/C21H29BrN2O5/c1-13(2)7-10-28-18-6-5-15(11-16(18)22)21(27)24-9-8-23-20(26)17(24)12-19(25)29-14(3)4/h5-6,11,13-14,17H,7-10,12H2,1-4H3,(H,23,26). The number of benzene rings is 1. The molecule has 0 saturated carbocycles. The maximum absolute atomic E-state index is 13.1. The highest BCUT2D eigenvalue weighted by Crippen LogP contribution is 2.27. The molecule has 1 aromatic carbocycles. The van der Waals surface area contributed by atoms with Gasteiger partial charge in [0, 0.05) is 18.7 Å². The van der Waals surface area contributed by atoms with Gasteiger partial charge in [-0.25, -0.2) is 0 Å². The monoisotopic (exact) mass is 468 g/mol. The summed E-state index contributed by atoms with van der Waals surface area (Å²) in [5.74, 6) is 0.0411. The lowest BCUT2D eigenvalue weighted by Crippen LogP contribution is -2.57. The van der Waals surface area contributed by atoms with E-state index in [2.05, 4.69) is 35.1 Å². The van der Waals surface area contributed by atoms with Gasteiger partial charge in [0.15, 0.2) is 0 Å². The maximum Gasteiger partial charge on any atom is 0.308 e. The molecule has 2 rings (SSSR count). The topological polar surface area (TPSA) is 84.9 Å². The smallest absolute Gasteiger partial charge is 0.308 e. The molecular formula is C21H29BrN2O5. The fourth-order valence-electron chi connectivity index (χ4n) is 2.95. The summed E-state index contributed by atoms with van der Waals surface area (Å²) in [5.41, 5.74) is 0.421. The van der Waals surface area contributed by atoms with Crippen molar-refractivity contribution < 1.29 is 23.9 Å². The van der Waals surface area contributed by atoms with E-state index < -0.39 is 12.0 Å². The van der Waals surface area contributed by atoms with Gasteiger partial charge in [0.05, 0.1) is 23.6 Å². The molecule has 0 aromatic heterocycles. The number of esters is 1. The van der Waals surface area contributed by atoms with Crippen molar-refractivity contribution in [2.24, 2.45) is 5.92 Å². The van der Waals surface area contributed by atoms with Crippen LogP contribution in [0, 0.1) is 5.92 Å². The maximum atomic E-state index is 13.1. The third-order valence-corrected chi connectivity index (χ3v) is 5.07. The third kappa shape index (κ3) is 6.73. The van der Waals surface area contributed by atoms with E-state index in [4.69, 9.17) is 9.47 Å². The van der Waals surface area contributed by atoms with Gasteiger partial charge in [0.25, 0.3) is 5.91 Å². The molecule has 1 N–H and O–H groups in total. The minimum atomic E-state index is -0.886. The number of hydrogen-bond donors (Lipinski definition) is 1. The number of ether oxygens (including phenoxy) is 2. The Morgan fingerprint density at radius 2 is 2.00 bits per heavy atom. The van der Waals surface area contributed by atoms with Crippen molar-refractivity contribution in [2.45, 2.75) is 52.7 Å². The van der Waals surface area contributed by atoms with Gasteiger partial charge in [-0.3, -0.25) is 14.4 Å². The van der Waals surface area contributed by atoms with Gasteiger partial charge in [-0.05, 0) is 60.3 Å². The Balaban J connectivity index is 2.12. The number of nitrogens with zero attached hydrogens (tertiary/aromatic N) is 1. The van der Waals surface area contributed by atoms with E-state index in [1.54, 1.807) is 32.0 Å². The van der Waals surface area contributed by atoms with Gasteiger partial charge in [-0.15, -0.1) is 0 Å². The first-order chi connectivity index (χ1) is 13.7. The molecule has 1 aliphatic rings. The van der Waals surface area contributed by atoms with E-state index >= 15 is 0 Å². The molecule has 1 heterocycles. The van der Waals surface area contributed by atoms with Gasteiger partial charge in [-0.2, -0.15) is 0 Å². The summed E-state index contributed by atoms with van der Waals surface area (Å²) in [7, 11) is 0. The molecule has 2 amide bonds. The normalized spacial score (nSPS) is 16.7. The molecule has 160 valence electrons. The van der Waals surface area contributed by atoms with Gasteiger partial charge in [-0.1, -0.05) is 13.8 Å². The highest BCUT2D eigenvalue weighted by molar-refractivity contribution is 9.10. The summed E-state index contributed by atoms with van der Waals surface area (Å²) in [6, 6.07) is 4.21. The van der Waals surface area contributed by atoms with Crippen LogP contribution in [0.1, 0.15) is 50.9 Å². The summed E-state index contributed by atoms with van der Waals surface area (Å²) in [6.45, 7) is 9.00. The quantitative estimate of drug-likeness (QED) is 0.592. The predicted molar refractivity (Wildman–Crippen MR) is 113 cm³/mol. The van der Waals surface area contributed by atoms with Gasteiger partial charge < -0.3 is 19.7 Å². The Kier molecular flexibility index (Phi) is 8.49. The van der Waals surface area contributed by atoms with E-state index in [0.29, 0.717) is 41.4 Å². The molecule has 0 bridgehead atoms. The van der Waals surface area contributed by atoms with Crippen molar-refractivity contribution >= 4 is 33.7 Å². The molecule has 1 atom stereocenters. The molecule has 29 heavy (non-hydrogen) atoms. The number of halogens is 1. The van der Waals surface area contributed by atoms with E-state index in [9.17, 15) is 14.4 Å². The number of hydrogen-bond acceptors (Lipinski definition) is 5. The van der Waals surface area contributed by atoms with Crippen LogP contribution in [0.2, 0.25) is 0 Å². The highest BCUT2D eigenvalue weighted by Gasteiger charge is 2.35. The molecule has 8 heteroatoms. The molecule has 1 saturated heterocycles. The zero-order valence-electron chi connectivity index (χ0n) is 17.4. The number of piperazine rings is 1. The predicted octanol–water partition coefficient (Wildman–Crippen LogP) is 3.16.